The first-order chi connectivity index (χ1) is 8.54. The lowest BCUT2D eigenvalue weighted by molar-refractivity contribution is 0.0545. The molecule has 2 aliphatic carbocycles. The first kappa shape index (κ1) is 14.4. The quantitative estimate of drug-likeness (QED) is 0.521. The molecule has 0 amide bonds. The molecule has 0 heterocycles. The molecule has 0 aliphatic heterocycles. The Kier molecular flexibility index (Phi) is 4.78. The summed E-state index contributed by atoms with van der Waals surface area (Å²) in [7, 11) is 0. The Morgan fingerprint density at radius 1 is 1.11 bits per heavy atom. The first-order valence-corrected chi connectivity index (χ1v) is 8.54. The predicted molar refractivity (Wildman–Crippen MR) is 80.6 cm³/mol. The van der Waals surface area contributed by atoms with Gasteiger partial charge in [-0.1, -0.05) is 59.8 Å². The van der Waals surface area contributed by atoms with Gasteiger partial charge < -0.3 is 0 Å². The van der Waals surface area contributed by atoms with Gasteiger partial charge in [0.1, 0.15) is 0 Å². The highest BCUT2D eigenvalue weighted by Gasteiger charge is 2.49. The van der Waals surface area contributed by atoms with Crippen LogP contribution in [0.5, 0.6) is 0 Å². The Bertz CT molecular complexity index is 255. The van der Waals surface area contributed by atoms with Crippen molar-refractivity contribution in [2.45, 2.75) is 85.5 Å². The van der Waals surface area contributed by atoms with E-state index in [0.717, 1.165) is 29.1 Å². The molecule has 0 aromatic heterocycles. The van der Waals surface area contributed by atoms with E-state index in [-0.39, 0.29) is 0 Å². The maximum absolute atomic E-state index is 2.63. The Morgan fingerprint density at radius 3 is 2.61 bits per heavy atom. The van der Waals surface area contributed by atoms with Crippen molar-refractivity contribution in [3.8, 4) is 0 Å². The number of unbranched alkanes of at least 4 members (excludes halogenated alkanes) is 1. The molecule has 2 rings (SSSR count). The van der Waals surface area contributed by atoms with Crippen molar-refractivity contribution in [3.63, 3.8) is 0 Å². The van der Waals surface area contributed by atoms with E-state index < -0.39 is 0 Å². The second-order valence-corrected chi connectivity index (χ2v) is 7.93. The van der Waals surface area contributed by atoms with Crippen LogP contribution in [0.15, 0.2) is 0 Å². The zero-order valence-electron chi connectivity index (χ0n) is 13.2. The monoisotopic (exact) mass is 250 g/mol. The zero-order chi connectivity index (χ0) is 13.2. The van der Waals surface area contributed by atoms with Gasteiger partial charge in [0.15, 0.2) is 0 Å². The smallest absolute Gasteiger partial charge is 0.0267 e. The minimum Gasteiger partial charge on any atom is -0.0628 e. The molecule has 0 unspecified atom stereocenters. The van der Waals surface area contributed by atoms with Crippen molar-refractivity contribution in [2.24, 2.45) is 29.1 Å². The summed E-state index contributed by atoms with van der Waals surface area (Å²) in [6.45, 7) is 9.86. The van der Waals surface area contributed by atoms with Gasteiger partial charge in [0.05, 0.1) is 0 Å². The molecule has 2 fully saturated rings. The molecule has 0 N–H and O–H groups in total. The summed E-state index contributed by atoms with van der Waals surface area (Å²) in [5.41, 5.74) is 0.718. The summed E-state index contributed by atoms with van der Waals surface area (Å²) < 4.78 is 0. The standard InChI is InChI=1S/C18H34/c1-14(2)8-5-6-10-16-11-12-17-15(3)9-7-13-18(16,17)4/h14-17H,5-13H2,1-4H3/t15-,16-,17-,18+/m0/s1. The summed E-state index contributed by atoms with van der Waals surface area (Å²) >= 11 is 0. The Labute approximate surface area is 115 Å². The van der Waals surface area contributed by atoms with Crippen LogP contribution in [-0.2, 0) is 0 Å². The van der Waals surface area contributed by atoms with Crippen molar-refractivity contribution >= 4 is 0 Å². The normalized spacial score (nSPS) is 40.2. The fraction of sp³-hybridized carbons (Fsp3) is 1.00. The topological polar surface area (TPSA) is 0 Å². The molecule has 18 heavy (non-hydrogen) atoms. The molecular weight excluding hydrogens is 216 g/mol. The highest BCUT2D eigenvalue weighted by Crippen LogP contribution is 2.58. The lowest BCUT2D eigenvalue weighted by Gasteiger charge is -2.44. The second-order valence-electron chi connectivity index (χ2n) is 7.93. The van der Waals surface area contributed by atoms with Crippen LogP contribution in [0.25, 0.3) is 0 Å². The van der Waals surface area contributed by atoms with Gasteiger partial charge in [-0.05, 0) is 54.8 Å². The number of fused-ring (bicyclic) bond motifs is 1. The molecule has 0 radical (unpaired) electrons. The van der Waals surface area contributed by atoms with E-state index in [4.69, 9.17) is 0 Å². The molecule has 0 aromatic rings. The fourth-order valence-electron chi connectivity index (χ4n) is 5.09. The summed E-state index contributed by atoms with van der Waals surface area (Å²) in [4.78, 5) is 0. The summed E-state index contributed by atoms with van der Waals surface area (Å²) in [5, 5.41) is 0. The number of rotatable bonds is 5. The summed E-state index contributed by atoms with van der Waals surface area (Å²) in [6, 6.07) is 0. The highest BCUT2D eigenvalue weighted by molar-refractivity contribution is 4.99. The highest BCUT2D eigenvalue weighted by atomic mass is 14.5. The Morgan fingerprint density at radius 2 is 1.89 bits per heavy atom. The molecular formula is C18H34. The van der Waals surface area contributed by atoms with Gasteiger partial charge in [-0.2, -0.15) is 0 Å². The molecule has 2 saturated carbocycles. The van der Waals surface area contributed by atoms with E-state index >= 15 is 0 Å². The molecule has 4 atom stereocenters. The number of hydrogen-bond acceptors (Lipinski definition) is 0. The van der Waals surface area contributed by atoms with E-state index in [9.17, 15) is 0 Å². The predicted octanol–water partition coefficient (Wildman–Crippen LogP) is 6.06. The van der Waals surface area contributed by atoms with E-state index in [2.05, 4.69) is 27.7 Å². The van der Waals surface area contributed by atoms with Crippen molar-refractivity contribution in [2.75, 3.05) is 0 Å². The number of hydrogen-bond donors (Lipinski definition) is 0. The van der Waals surface area contributed by atoms with Crippen LogP contribution in [0.2, 0.25) is 0 Å². The molecule has 0 aromatic carbocycles. The second kappa shape index (κ2) is 5.97. The van der Waals surface area contributed by atoms with E-state index in [0.29, 0.717) is 0 Å². The van der Waals surface area contributed by atoms with Gasteiger partial charge in [0.2, 0.25) is 0 Å². The van der Waals surface area contributed by atoms with Crippen molar-refractivity contribution in [1.29, 1.82) is 0 Å². The van der Waals surface area contributed by atoms with E-state index in [1.54, 1.807) is 0 Å². The van der Waals surface area contributed by atoms with Crippen molar-refractivity contribution in [1.82, 2.24) is 0 Å². The Hall–Kier alpha value is 0. The van der Waals surface area contributed by atoms with Crippen LogP contribution in [0.4, 0.5) is 0 Å². The van der Waals surface area contributed by atoms with Crippen LogP contribution in [0.3, 0.4) is 0 Å². The van der Waals surface area contributed by atoms with E-state index in [1.807, 2.05) is 0 Å². The van der Waals surface area contributed by atoms with E-state index in [1.165, 1.54) is 57.8 Å². The maximum atomic E-state index is 2.63. The molecule has 0 bridgehead atoms. The minimum absolute atomic E-state index is 0.718. The van der Waals surface area contributed by atoms with Crippen LogP contribution in [0.1, 0.15) is 85.5 Å². The molecule has 0 heteroatoms. The summed E-state index contributed by atoms with van der Waals surface area (Å²) in [6.07, 6.45) is 13.5. The minimum atomic E-state index is 0.718. The third-order valence-corrected chi connectivity index (χ3v) is 6.25. The third kappa shape index (κ3) is 2.94. The average Bonchev–Trinajstić information content (AvgIpc) is 2.63. The van der Waals surface area contributed by atoms with Gasteiger partial charge in [-0.15, -0.1) is 0 Å². The zero-order valence-corrected chi connectivity index (χ0v) is 13.2. The molecule has 106 valence electrons. The maximum Gasteiger partial charge on any atom is -0.0267 e. The van der Waals surface area contributed by atoms with Crippen LogP contribution >= 0.6 is 0 Å². The third-order valence-electron chi connectivity index (χ3n) is 6.25. The fourth-order valence-corrected chi connectivity index (χ4v) is 5.09. The SMILES string of the molecule is CC(C)CCCC[C@H]1CC[C@H]2[C@@H](C)CCC[C@]12C. The molecule has 2 aliphatic rings. The van der Waals surface area contributed by atoms with Gasteiger partial charge in [0.25, 0.3) is 0 Å². The van der Waals surface area contributed by atoms with Gasteiger partial charge in [0, 0.05) is 0 Å². The summed E-state index contributed by atoms with van der Waals surface area (Å²) in [5.74, 6) is 4.01. The largest absolute Gasteiger partial charge is 0.0628 e. The lowest BCUT2D eigenvalue weighted by atomic mass is 9.61. The van der Waals surface area contributed by atoms with Crippen molar-refractivity contribution < 1.29 is 0 Å². The van der Waals surface area contributed by atoms with Crippen LogP contribution < -0.4 is 0 Å². The van der Waals surface area contributed by atoms with Crippen LogP contribution in [0, 0.1) is 29.1 Å². The Balaban J connectivity index is 1.83. The lowest BCUT2D eigenvalue weighted by Crippen LogP contribution is -2.36. The molecule has 0 saturated heterocycles. The average molecular weight is 250 g/mol. The first-order valence-electron chi connectivity index (χ1n) is 8.54. The van der Waals surface area contributed by atoms with Crippen LogP contribution in [-0.4, -0.2) is 0 Å². The van der Waals surface area contributed by atoms with Gasteiger partial charge >= 0.3 is 0 Å². The van der Waals surface area contributed by atoms with Crippen molar-refractivity contribution in [3.05, 3.63) is 0 Å². The molecule has 0 spiro atoms. The van der Waals surface area contributed by atoms with Gasteiger partial charge in [-0.3, -0.25) is 0 Å². The molecule has 0 nitrogen and oxygen atoms in total. The van der Waals surface area contributed by atoms with Gasteiger partial charge in [-0.25, -0.2) is 0 Å².